The number of nitrogens with one attached hydrogen (secondary N) is 2. The summed E-state index contributed by atoms with van der Waals surface area (Å²) in [5.41, 5.74) is 5.58. The second-order valence-corrected chi connectivity index (χ2v) is 6.36. The van der Waals surface area contributed by atoms with Crippen molar-refractivity contribution in [1.29, 1.82) is 5.26 Å². The van der Waals surface area contributed by atoms with Crippen LogP contribution in [-0.2, 0) is 12.8 Å². The molecule has 3 rings (SSSR count). The van der Waals surface area contributed by atoms with E-state index in [1.165, 1.54) is 17.3 Å². The Labute approximate surface area is 165 Å². The number of aromatic nitrogens is 1. The van der Waals surface area contributed by atoms with E-state index in [1.54, 1.807) is 36.5 Å². The van der Waals surface area contributed by atoms with Crippen molar-refractivity contribution in [2.75, 3.05) is 10.6 Å². The molecule has 0 bridgehead atoms. The number of pyridine rings is 1. The van der Waals surface area contributed by atoms with Gasteiger partial charge in [-0.1, -0.05) is 44.2 Å². The summed E-state index contributed by atoms with van der Waals surface area (Å²) >= 11 is 0. The number of benzene rings is 2. The average molecular weight is 370 g/mol. The highest BCUT2D eigenvalue weighted by Gasteiger charge is 2.12. The molecule has 5 nitrogen and oxygen atoms in total. The molecule has 0 spiro atoms. The number of aryl methyl sites for hydroxylation is 2. The number of amides is 1. The molecule has 0 radical (unpaired) electrons. The molecule has 0 saturated heterocycles. The largest absolute Gasteiger partial charge is 0.354 e. The highest BCUT2D eigenvalue weighted by molar-refractivity contribution is 6.05. The molecule has 3 aromatic rings. The van der Waals surface area contributed by atoms with E-state index in [1.807, 2.05) is 0 Å². The van der Waals surface area contributed by atoms with Crippen molar-refractivity contribution in [2.24, 2.45) is 0 Å². The first-order chi connectivity index (χ1) is 13.7. The van der Waals surface area contributed by atoms with Crippen LogP contribution in [0.15, 0.2) is 60.9 Å². The van der Waals surface area contributed by atoms with Crippen molar-refractivity contribution in [3.8, 4) is 6.07 Å². The number of anilines is 3. The van der Waals surface area contributed by atoms with Gasteiger partial charge in [0.1, 0.15) is 6.07 Å². The molecular formula is C23H22N4O. The van der Waals surface area contributed by atoms with Gasteiger partial charge in [0.15, 0.2) is 0 Å². The van der Waals surface area contributed by atoms with Crippen LogP contribution in [-0.4, -0.2) is 10.9 Å². The fraction of sp³-hybridized carbons (Fsp3) is 0.174. The number of para-hydroxylation sites is 2. The van der Waals surface area contributed by atoms with Crippen LogP contribution in [0.3, 0.4) is 0 Å². The quantitative estimate of drug-likeness (QED) is 0.635. The molecule has 0 unspecified atom stereocenters. The predicted molar refractivity (Wildman–Crippen MR) is 112 cm³/mol. The zero-order chi connectivity index (χ0) is 19.9. The number of hydrogen-bond donors (Lipinski definition) is 2. The first kappa shape index (κ1) is 19.1. The lowest BCUT2D eigenvalue weighted by molar-refractivity contribution is 0.102. The Morgan fingerprint density at radius 2 is 1.75 bits per heavy atom. The van der Waals surface area contributed by atoms with E-state index in [4.69, 9.17) is 0 Å². The van der Waals surface area contributed by atoms with E-state index in [2.05, 4.69) is 53.7 Å². The molecule has 0 atom stereocenters. The van der Waals surface area contributed by atoms with Gasteiger partial charge < -0.3 is 10.6 Å². The lowest BCUT2D eigenvalue weighted by Crippen LogP contribution is -2.13. The topological polar surface area (TPSA) is 77.8 Å². The van der Waals surface area contributed by atoms with Crippen molar-refractivity contribution in [2.45, 2.75) is 26.7 Å². The highest BCUT2D eigenvalue weighted by atomic mass is 16.1. The van der Waals surface area contributed by atoms with Crippen LogP contribution >= 0.6 is 0 Å². The molecule has 2 aromatic carbocycles. The molecule has 0 aliphatic heterocycles. The van der Waals surface area contributed by atoms with E-state index in [0.717, 1.165) is 24.2 Å². The molecule has 0 saturated carbocycles. The Balaban J connectivity index is 1.85. The van der Waals surface area contributed by atoms with Crippen LogP contribution in [0.4, 0.5) is 17.1 Å². The van der Waals surface area contributed by atoms with Crippen molar-refractivity contribution < 1.29 is 4.79 Å². The number of hydrogen-bond acceptors (Lipinski definition) is 4. The van der Waals surface area contributed by atoms with Gasteiger partial charge in [-0.3, -0.25) is 9.78 Å². The monoisotopic (exact) mass is 370 g/mol. The molecule has 0 fully saturated rings. The molecule has 0 aliphatic carbocycles. The number of rotatable bonds is 6. The van der Waals surface area contributed by atoms with Crippen molar-refractivity contribution in [1.82, 2.24) is 4.98 Å². The van der Waals surface area contributed by atoms with E-state index < -0.39 is 0 Å². The lowest BCUT2D eigenvalue weighted by Gasteiger charge is -2.16. The maximum atomic E-state index is 12.6. The summed E-state index contributed by atoms with van der Waals surface area (Å²) in [6, 6.07) is 17.0. The first-order valence-electron chi connectivity index (χ1n) is 9.29. The fourth-order valence-electron chi connectivity index (χ4n) is 3.06. The van der Waals surface area contributed by atoms with Gasteiger partial charge in [0.05, 0.1) is 28.7 Å². The van der Waals surface area contributed by atoms with Gasteiger partial charge in [0.2, 0.25) is 0 Å². The van der Waals surface area contributed by atoms with Crippen LogP contribution < -0.4 is 10.6 Å². The molecule has 5 heteroatoms. The Morgan fingerprint density at radius 1 is 1.04 bits per heavy atom. The van der Waals surface area contributed by atoms with E-state index in [9.17, 15) is 10.1 Å². The molecule has 1 amide bonds. The third kappa shape index (κ3) is 4.18. The highest BCUT2D eigenvalue weighted by Crippen LogP contribution is 2.26. The molecule has 0 aliphatic rings. The number of carbonyl (C=O) groups is 1. The molecule has 2 N–H and O–H groups in total. The van der Waals surface area contributed by atoms with Gasteiger partial charge >= 0.3 is 0 Å². The Bertz CT molecular complexity index is 1010. The summed E-state index contributed by atoms with van der Waals surface area (Å²) < 4.78 is 0. The summed E-state index contributed by atoms with van der Waals surface area (Å²) in [4.78, 5) is 16.9. The molecular weight excluding hydrogens is 348 g/mol. The van der Waals surface area contributed by atoms with E-state index in [0.29, 0.717) is 16.8 Å². The van der Waals surface area contributed by atoms with Crippen LogP contribution in [0.5, 0.6) is 0 Å². The van der Waals surface area contributed by atoms with Gasteiger partial charge in [-0.05, 0) is 42.2 Å². The molecule has 1 aromatic heterocycles. The Hall–Kier alpha value is -3.65. The SMILES string of the molecule is CCc1cccc(CC)c1Nc1cncc(C(=O)Nc2ccccc2C#N)c1. The van der Waals surface area contributed by atoms with Crippen molar-refractivity contribution in [3.05, 3.63) is 83.2 Å². The average Bonchev–Trinajstić information content (AvgIpc) is 2.74. The minimum atomic E-state index is -0.307. The predicted octanol–water partition coefficient (Wildman–Crippen LogP) is 5.07. The van der Waals surface area contributed by atoms with Gasteiger partial charge in [0, 0.05) is 11.9 Å². The van der Waals surface area contributed by atoms with E-state index >= 15 is 0 Å². The maximum Gasteiger partial charge on any atom is 0.257 e. The van der Waals surface area contributed by atoms with Crippen LogP contribution in [0.1, 0.15) is 40.9 Å². The molecule has 140 valence electrons. The molecule has 1 heterocycles. The summed E-state index contributed by atoms with van der Waals surface area (Å²) in [5, 5.41) is 15.4. The summed E-state index contributed by atoms with van der Waals surface area (Å²) in [5.74, 6) is -0.307. The van der Waals surface area contributed by atoms with Gasteiger partial charge in [0.25, 0.3) is 5.91 Å². The van der Waals surface area contributed by atoms with Crippen molar-refractivity contribution in [3.63, 3.8) is 0 Å². The molecule has 28 heavy (non-hydrogen) atoms. The number of nitriles is 1. The minimum Gasteiger partial charge on any atom is -0.354 e. The zero-order valence-electron chi connectivity index (χ0n) is 16.0. The summed E-state index contributed by atoms with van der Waals surface area (Å²) in [6.45, 7) is 4.24. The van der Waals surface area contributed by atoms with Crippen LogP contribution in [0.2, 0.25) is 0 Å². The standard InChI is InChI=1S/C23H22N4O/c1-3-16-9-7-10-17(4-2)22(16)26-20-12-19(14-25-15-20)23(28)27-21-11-6-5-8-18(21)13-24/h5-12,14-15,26H,3-4H2,1-2H3,(H,27,28). The number of carbonyl (C=O) groups excluding carboxylic acids is 1. The van der Waals surface area contributed by atoms with Crippen molar-refractivity contribution >= 4 is 23.0 Å². The lowest BCUT2D eigenvalue weighted by atomic mass is 10.0. The summed E-state index contributed by atoms with van der Waals surface area (Å²) in [7, 11) is 0. The normalized spacial score (nSPS) is 10.2. The third-order valence-corrected chi connectivity index (χ3v) is 4.56. The van der Waals surface area contributed by atoms with Gasteiger partial charge in [-0.2, -0.15) is 5.26 Å². The first-order valence-corrected chi connectivity index (χ1v) is 9.29. The maximum absolute atomic E-state index is 12.6. The Morgan fingerprint density at radius 3 is 2.43 bits per heavy atom. The zero-order valence-corrected chi connectivity index (χ0v) is 16.0. The fourth-order valence-corrected chi connectivity index (χ4v) is 3.06. The number of nitrogens with zero attached hydrogens (tertiary/aromatic N) is 2. The van der Waals surface area contributed by atoms with Gasteiger partial charge in [-0.15, -0.1) is 0 Å². The minimum absolute atomic E-state index is 0.307. The summed E-state index contributed by atoms with van der Waals surface area (Å²) in [6.07, 6.45) is 5.04. The second kappa shape index (κ2) is 8.83. The smallest absolute Gasteiger partial charge is 0.257 e. The Kier molecular flexibility index (Phi) is 6.03. The van der Waals surface area contributed by atoms with Crippen LogP contribution in [0, 0.1) is 11.3 Å². The second-order valence-electron chi connectivity index (χ2n) is 6.36. The third-order valence-electron chi connectivity index (χ3n) is 4.56. The van der Waals surface area contributed by atoms with E-state index in [-0.39, 0.29) is 5.91 Å². The van der Waals surface area contributed by atoms with Crippen LogP contribution in [0.25, 0.3) is 0 Å². The van der Waals surface area contributed by atoms with Gasteiger partial charge in [-0.25, -0.2) is 0 Å².